The lowest BCUT2D eigenvalue weighted by Crippen LogP contribution is -2.20. The highest BCUT2D eigenvalue weighted by Gasteiger charge is 2.18. The van der Waals surface area contributed by atoms with Crippen LogP contribution in [-0.2, 0) is 0 Å². The highest BCUT2D eigenvalue weighted by molar-refractivity contribution is 7.26. The van der Waals surface area contributed by atoms with Gasteiger partial charge in [-0.2, -0.15) is 0 Å². The zero-order chi connectivity index (χ0) is 45.5. The van der Waals surface area contributed by atoms with Crippen molar-refractivity contribution in [1.82, 2.24) is 9.97 Å². The third-order valence-electron chi connectivity index (χ3n) is 9.65. The topological polar surface area (TPSA) is 25.8 Å². The van der Waals surface area contributed by atoms with E-state index in [2.05, 4.69) is 123 Å². The molecule has 0 saturated heterocycles. The number of hydrogen-bond donors (Lipinski definition) is 0. The summed E-state index contributed by atoms with van der Waals surface area (Å²) in [6.07, 6.45) is 31.3. The van der Waals surface area contributed by atoms with E-state index in [4.69, 9.17) is 0 Å². The van der Waals surface area contributed by atoms with Gasteiger partial charge in [0.15, 0.2) is 9.66 Å². The number of fused-ring (bicyclic) bond motifs is 3. The van der Waals surface area contributed by atoms with E-state index >= 15 is 0 Å². The summed E-state index contributed by atoms with van der Waals surface area (Å²) in [7, 11) is 0. The molecule has 3 aromatic rings. The second-order valence-corrected chi connectivity index (χ2v) is 16.8. The highest BCUT2D eigenvalue weighted by atomic mass is 32.1. The van der Waals surface area contributed by atoms with Crippen LogP contribution in [0.2, 0.25) is 0 Å². The lowest BCUT2D eigenvalue weighted by molar-refractivity contribution is 0.679. The molecular weight excluding hydrogens is 765 g/mol. The first-order valence-electron chi connectivity index (χ1n) is 22.6. The Hall–Kier alpha value is -4.04. The summed E-state index contributed by atoms with van der Waals surface area (Å²) in [6.45, 7) is 34.7. The number of benzene rings is 1. The molecule has 4 heteroatoms. The summed E-state index contributed by atoms with van der Waals surface area (Å²) < 4.78 is 0. The normalized spacial score (nSPS) is 15.2. The lowest BCUT2D eigenvalue weighted by Gasteiger charge is -2.15. The van der Waals surface area contributed by atoms with Crippen LogP contribution < -0.4 is 10.4 Å². The summed E-state index contributed by atoms with van der Waals surface area (Å²) in [5.41, 5.74) is 14.1. The monoisotopic (exact) mass is 847 g/mol. The van der Waals surface area contributed by atoms with Crippen LogP contribution in [0.25, 0.3) is 21.3 Å². The number of nitrogens with zero attached hydrogens (tertiary/aromatic N) is 2. The van der Waals surface area contributed by atoms with Gasteiger partial charge in [-0.25, -0.2) is 9.97 Å². The molecule has 2 aromatic heterocycles. The number of hydrogen-bond acceptors (Lipinski definition) is 4. The van der Waals surface area contributed by atoms with E-state index in [1.54, 1.807) is 50.5 Å². The van der Waals surface area contributed by atoms with E-state index < -0.39 is 0 Å². The molecule has 1 aromatic carbocycles. The molecule has 6 aliphatic rings. The van der Waals surface area contributed by atoms with Crippen molar-refractivity contribution in [3.8, 4) is 11.8 Å². The zero-order valence-corrected chi connectivity index (χ0v) is 42.7. The quantitative estimate of drug-likeness (QED) is 0.166. The van der Waals surface area contributed by atoms with E-state index in [0.29, 0.717) is 0 Å². The van der Waals surface area contributed by atoms with Gasteiger partial charge in [0.05, 0.1) is 10.0 Å². The van der Waals surface area contributed by atoms with Crippen molar-refractivity contribution >= 4 is 44.0 Å². The van der Waals surface area contributed by atoms with Crippen molar-refractivity contribution in [2.24, 2.45) is 0 Å². The first-order valence-corrected chi connectivity index (χ1v) is 24.3. The summed E-state index contributed by atoms with van der Waals surface area (Å²) in [5.74, 6) is 5.36. The third kappa shape index (κ3) is 21.0. The Kier molecular flexibility index (Phi) is 31.4. The fourth-order valence-electron chi connectivity index (χ4n) is 6.68. The number of aryl methyl sites for hydroxylation is 2. The summed E-state index contributed by atoms with van der Waals surface area (Å²) in [6, 6.07) is 8.55. The summed E-state index contributed by atoms with van der Waals surface area (Å²) in [4.78, 5) is 10.8. The van der Waals surface area contributed by atoms with Crippen LogP contribution >= 0.6 is 22.7 Å². The number of rotatable bonds is 0. The van der Waals surface area contributed by atoms with Crippen LogP contribution in [0, 0.1) is 25.7 Å². The average molecular weight is 847 g/mol. The Morgan fingerprint density at radius 3 is 1.52 bits per heavy atom. The molecule has 1 saturated carbocycles. The second kappa shape index (κ2) is 33.7. The van der Waals surface area contributed by atoms with Gasteiger partial charge in [-0.1, -0.05) is 171 Å². The van der Waals surface area contributed by atoms with Crippen LogP contribution in [0.3, 0.4) is 0 Å². The van der Waals surface area contributed by atoms with Gasteiger partial charge in [0, 0.05) is 0 Å². The van der Waals surface area contributed by atoms with Crippen molar-refractivity contribution in [2.75, 3.05) is 0 Å². The van der Waals surface area contributed by atoms with Gasteiger partial charge in [0.2, 0.25) is 0 Å². The van der Waals surface area contributed by atoms with Crippen molar-refractivity contribution < 1.29 is 0 Å². The van der Waals surface area contributed by atoms with Gasteiger partial charge in [-0.15, -0.1) is 11.8 Å². The molecule has 0 atom stereocenters. The van der Waals surface area contributed by atoms with Crippen LogP contribution in [0.15, 0.2) is 117 Å². The largest absolute Gasteiger partial charge is 0.229 e. The number of aromatic nitrogens is 2. The molecule has 6 aliphatic carbocycles. The molecule has 1 fully saturated rings. The molecule has 0 N–H and O–H groups in total. The molecule has 0 spiro atoms. The van der Waals surface area contributed by atoms with Gasteiger partial charge in [0.25, 0.3) is 0 Å². The predicted molar refractivity (Wildman–Crippen MR) is 277 cm³/mol. The Labute approximate surface area is 377 Å². The van der Waals surface area contributed by atoms with E-state index in [0.717, 1.165) is 26.1 Å². The molecular formula is C56H82N2S2. The van der Waals surface area contributed by atoms with Crippen LogP contribution in [0.5, 0.6) is 0 Å². The van der Waals surface area contributed by atoms with Gasteiger partial charge < -0.3 is 0 Å². The molecule has 0 radical (unpaired) electrons. The second-order valence-electron chi connectivity index (χ2n) is 14.4. The van der Waals surface area contributed by atoms with Crippen LogP contribution in [0.4, 0.5) is 0 Å². The standard InChI is InChI=1S/C10H12.C10H14.C10H10.C6H6N2S2.C6H8.C4H8.C4H6.3C2H6/c1-7-3-9-5-8(2)6-10(9)4-7;2*1-8-6-7-9-4-2-3-5-10(8)9;1-3-7-5-6(9-3)8-4(2)10-5;1-6-4-2-3-5-6;2*1-3-4-2;3*1-2/h3,6H,4-5H2,1-2H3;7H,2-6H2,1H3;2-5,7H,6H2,1H3;1-2H3;2-4H,5H2,1H3;3-4H,1-2H3;1-2H3;3*1-2H3/b;;;;;4-3+;;;;. The summed E-state index contributed by atoms with van der Waals surface area (Å²) in [5, 5.41) is 5.05. The van der Waals surface area contributed by atoms with Gasteiger partial charge >= 0.3 is 0 Å². The van der Waals surface area contributed by atoms with Crippen molar-refractivity contribution in [3.05, 3.63) is 138 Å². The minimum Gasteiger partial charge on any atom is -0.229 e. The van der Waals surface area contributed by atoms with Crippen molar-refractivity contribution in [3.63, 3.8) is 0 Å². The lowest BCUT2D eigenvalue weighted by atomic mass is 9.90. The SMILES string of the molecule is C/C=C/C.CC.CC.CC.CC#CC.CC1=C2CCCCC2=CC1.CC1=CC2=C(C=C(C)C2)C1.CC1=CC=CC1.CC1=c2ccccc2=CC1.Cc1nc2sc(C)nc2s1. The molecule has 0 amide bonds. The molecule has 0 aliphatic heterocycles. The van der Waals surface area contributed by atoms with Crippen LogP contribution in [0.1, 0.15) is 172 Å². The maximum Gasteiger partial charge on any atom is 0.155 e. The fourth-order valence-corrected chi connectivity index (χ4v) is 8.51. The molecule has 9 rings (SSSR count). The zero-order valence-electron chi connectivity index (χ0n) is 41.1. The third-order valence-corrected chi connectivity index (χ3v) is 11.5. The Bertz CT molecular complexity index is 2050. The van der Waals surface area contributed by atoms with Gasteiger partial charge in [-0.3, -0.25) is 0 Å². The van der Waals surface area contributed by atoms with Gasteiger partial charge in [-0.05, 0) is 167 Å². The Morgan fingerprint density at radius 1 is 0.600 bits per heavy atom. The van der Waals surface area contributed by atoms with E-state index in [1.807, 2.05) is 95.2 Å². The van der Waals surface area contributed by atoms with E-state index in [9.17, 15) is 0 Å². The fraction of sp³-hybridized carbons (Fsp3) is 0.464. The minimum atomic E-state index is 1.08. The predicted octanol–water partition coefficient (Wildman–Crippen LogP) is 17.2. The molecule has 0 bridgehead atoms. The molecule has 60 heavy (non-hydrogen) atoms. The van der Waals surface area contributed by atoms with Gasteiger partial charge in [0.1, 0.15) is 0 Å². The number of thiazole rings is 2. The average Bonchev–Trinajstić information content (AvgIpc) is 4.17. The Morgan fingerprint density at radius 2 is 1.10 bits per heavy atom. The molecule has 2 heterocycles. The number of allylic oxidation sites excluding steroid dienone is 16. The summed E-state index contributed by atoms with van der Waals surface area (Å²) >= 11 is 3.32. The minimum absolute atomic E-state index is 1.08. The van der Waals surface area contributed by atoms with Crippen molar-refractivity contribution in [1.29, 1.82) is 0 Å². The first kappa shape index (κ1) is 56.0. The molecule has 2 nitrogen and oxygen atoms in total. The van der Waals surface area contributed by atoms with Crippen molar-refractivity contribution in [2.45, 2.75) is 175 Å². The van der Waals surface area contributed by atoms with E-state index in [-0.39, 0.29) is 0 Å². The highest BCUT2D eigenvalue weighted by Crippen LogP contribution is 2.37. The molecule has 0 unspecified atom stereocenters. The van der Waals surface area contributed by atoms with E-state index in [1.165, 1.54) is 84.1 Å². The smallest absolute Gasteiger partial charge is 0.155 e. The maximum atomic E-state index is 4.31. The first-order chi connectivity index (χ1) is 29.0. The molecule has 328 valence electrons. The Balaban J connectivity index is 0.000000678. The maximum absolute atomic E-state index is 4.31. The van der Waals surface area contributed by atoms with Crippen LogP contribution in [-0.4, -0.2) is 9.97 Å².